The maximum atomic E-state index is 13.4. The van der Waals surface area contributed by atoms with Crippen LogP contribution in [0.2, 0.25) is 0 Å². The van der Waals surface area contributed by atoms with Gasteiger partial charge in [-0.05, 0) is 70.7 Å². The van der Waals surface area contributed by atoms with Gasteiger partial charge in [-0.1, -0.05) is 13.5 Å². The first-order valence-electron chi connectivity index (χ1n) is 15.4. The van der Waals surface area contributed by atoms with Crippen LogP contribution in [0.15, 0.2) is 37.2 Å². The maximum Gasteiger partial charge on any atom is 0.410 e. The van der Waals surface area contributed by atoms with E-state index in [9.17, 15) is 14.4 Å². The highest BCUT2D eigenvalue weighted by atomic mass is 16.6. The first-order valence-corrected chi connectivity index (χ1v) is 15.4. The lowest BCUT2D eigenvalue weighted by Gasteiger charge is -2.35. The molecular weight excluding hydrogens is 560 g/mol. The number of nitrogens with zero attached hydrogens (tertiary/aromatic N) is 4. The second-order valence-corrected chi connectivity index (χ2v) is 13.5. The second-order valence-electron chi connectivity index (χ2n) is 13.5. The predicted molar refractivity (Wildman–Crippen MR) is 168 cm³/mol. The van der Waals surface area contributed by atoms with E-state index in [1.165, 1.54) is 0 Å². The lowest BCUT2D eigenvalue weighted by atomic mass is 9.84. The molecule has 5 rings (SSSR count). The van der Waals surface area contributed by atoms with Gasteiger partial charge in [0.25, 0.3) is 5.91 Å². The number of rotatable bonds is 6. The third kappa shape index (κ3) is 6.81. The quantitative estimate of drug-likeness (QED) is 0.475. The molecule has 4 heterocycles. The van der Waals surface area contributed by atoms with Crippen molar-refractivity contribution >= 4 is 23.9 Å². The molecule has 0 radical (unpaired) electrons. The number of benzene rings is 1. The molecule has 44 heavy (non-hydrogen) atoms. The van der Waals surface area contributed by atoms with Crippen molar-refractivity contribution in [3.8, 4) is 16.9 Å². The Labute approximate surface area is 259 Å². The van der Waals surface area contributed by atoms with Crippen LogP contribution in [0.5, 0.6) is 5.75 Å². The van der Waals surface area contributed by atoms with E-state index in [0.29, 0.717) is 49.9 Å². The van der Waals surface area contributed by atoms with Crippen molar-refractivity contribution in [3.63, 3.8) is 0 Å². The van der Waals surface area contributed by atoms with E-state index in [1.807, 2.05) is 45.6 Å². The molecule has 3 aliphatic rings. The van der Waals surface area contributed by atoms with E-state index in [2.05, 4.69) is 34.1 Å². The summed E-state index contributed by atoms with van der Waals surface area (Å²) in [5, 5.41) is 5.98. The Morgan fingerprint density at radius 3 is 2.48 bits per heavy atom. The maximum absolute atomic E-state index is 13.4. The average Bonchev–Trinajstić information content (AvgIpc) is 3.32. The van der Waals surface area contributed by atoms with Gasteiger partial charge in [-0.3, -0.25) is 9.59 Å². The average molecular weight is 605 g/mol. The van der Waals surface area contributed by atoms with Gasteiger partial charge in [-0.15, -0.1) is 0 Å². The van der Waals surface area contributed by atoms with Crippen molar-refractivity contribution in [1.82, 2.24) is 25.5 Å². The smallest absolute Gasteiger partial charge is 0.410 e. The molecule has 0 bridgehead atoms. The number of hydrogen-bond donors (Lipinski definition) is 2. The second kappa shape index (κ2) is 12.1. The number of piperidine rings is 1. The normalized spacial score (nSPS) is 25.0. The number of aromatic nitrogens is 2. The summed E-state index contributed by atoms with van der Waals surface area (Å²) in [5.41, 5.74) is 1.67. The highest BCUT2D eigenvalue weighted by Crippen LogP contribution is 2.43. The van der Waals surface area contributed by atoms with Crippen molar-refractivity contribution in [2.45, 2.75) is 71.6 Å². The van der Waals surface area contributed by atoms with Crippen LogP contribution in [0.3, 0.4) is 0 Å². The summed E-state index contributed by atoms with van der Waals surface area (Å²) in [6, 6.07) is 3.79. The molecule has 0 saturated carbocycles. The molecule has 2 aromatic rings. The fourth-order valence-electron chi connectivity index (χ4n) is 6.07. The van der Waals surface area contributed by atoms with Gasteiger partial charge in [0, 0.05) is 74.3 Å². The number of carbonyl (C=O) groups excluding carboxylic acids is 3. The minimum Gasteiger partial charge on any atom is -0.482 e. The molecule has 2 fully saturated rings. The highest BCUT2D eigenvalue weighted by Gasteiger charge is 2.36. The minimum absolute atomic E-state index is 0.0233. The molecule has 236 valence electrons. The van der Waals surface area contributed by atoms with E-state index < -0.39 is 11.2 Å². The zero-order chi connectivity index (χ0) is 31.8. The highest BCUT2D eigenvalue weighted by molar-refractivity contribution is 5.97. The lowest BCUT2D eigenvalue weighted by Crippen LogP contribution is -2.50. The Kier molecular flexibility index (Phi) is 8.59. The van der Waals surface area contributed by atoms with Crippen LogP contribution in [-0.2, 0) is 16.0 Å². The molecule has 0 aliphatic carbocycles. The topological polar surface area (TPSA) is 126 Å². The first-order chi connectivity index (χ1) is 20.7. The Morgan fingerprint density at radius 1 is 1.18 bits per heavy atom. The summed E-state index contributed by atoms with van der Waals surface area (Å²) >= 11 is 0. The first kappa shape index (κ1) is 31.3. The van der Waals surface area contributed by atoms with Crippen LogP contribution < -0.4 is 20.3 Å². The zero-order valence-corrected chi connectivity index (χ0v) is 26.6. The molecule has 4 unspecified atom stereocenters. The van der Waals surface area contributed by atoms with E-state index in [1.54, 1.807) is 29.4 Å². The third-order valence-corrected chi connectivity index (χ3v) is 8.52. The summed E-state index contributed by atoms with van der Waals surface area (Å²) in [5.74, 6) is 0.871. The Bertz CT molecular complexity index is 1430. The molecule has 0 spiro atoms. The summed E-state index contributed by atoms with van der Waals surface area (Å²) in [6.07, 6.45) is 6.38. The summed E-state index contributed by atoms with van der Waals surface area (Å²) in [7, 11) is 0. The van der Waals surface area contributed by atoms with Gasteiger partial charge in [0.2, 0.25) is 11.9 Å². The summed E-state index contributed by atoms with van der Waals surface area (Å²) in [6.45, 7) is 18.0. The number of fused-ring (bicyclic) bond motifs is 1. The number of carbonyl (C=O) groups is 3. The van der Waals surface area contributed by atoms with Gasteiger partial charge >= 0.3 is 6.09 Å². The molecule has 4 atom stereocenters. The molecule has 3 amide bonds. The number of piperazine rings is 1. The van der Waals surface area contributed by atoms with Crippen LogP contribution in [-0.4, -0.2) is 82.7 Å². The largest absolute Gasteiger partial charge is 0.482 e. The zero-order valence-electron chi connectivity index (χ0n) is 26.6. The van der Waals surface area contributed by atoms with Gasteiger partial charge in [-0.25, -0.2) is 14.8 Å². The SMILES string of the molecule is C=CC1(C)Cc2cc(C(=O)NCC3C(=O)NC(C)CC3C)cc(-c3cnc(N4CCN(C(=O)OC(C)(C)C)CC4)nc3)c2O1. The number of hydrogen-bond acceptors (Lipinski definition) is 8. The molecule has 1 aromatic heterocycles. The molecule has 1 aromatic carbocycles. The van der Waals surface area contributed by atoms with Crippen LogP contribution in [0.4, 0.5) is 10.7 Å². The molecule has 11 heteroatoms. The van der Waals surface area contributed by atoms with E-state index in [0.717, 1.165) is 23.1 Å². The Hall–Kier alpha value is -4.15. The molecule has 2 saturated heterocycles. The summed E-state index contributed by atoms with van der Waals surface area (Å²) < 4.78 is 11.9. The monoisotopic (exact) mass is 604 g/mol. The van der Waals surface area contributed by atoms with Crippen molar-refractivity contribution in [2.75, 3.05) is 37.6 Å². The van der Waals surface area contributed by atoms with Crippen LogP contribution in [0.25, 0.3) is 11.1 Å². The van der Waals surface area contributed by atoms with Crippen molar-refractivity contribution in [2.24, 2.45) is 11.8 Å². The molecular formula is C33H44N6O5. The molecule has 3 aliphatic heterocycles. The standard InChI is InChI=1S/C33H44N6O5/c1-8-33(7)16-23-14-22(28(40)34-19-26-20(2)13-21(3)37-29(26)41)15-25(27(23)43-33)24-17-35-30(36-18-24)38-9-11-39(12-10-38)31(42)44-32(4,5)6/h8,14-15,17-18,20-21,26H,1,9-13,16,19H2,2-7H3,(H,34,40)(H,37,41). The van der Waals surface area contributed by atoms with Gasteiger partial charge in [-0.2, -0.15) is 0 Å². The Balaban J connectivity index is 1.32. The fraction of sp³-hybridized carbons (Fsp3) is 0.545. The van der Waals surface area contributed by atoms with E-state index >= 15 is 0 Å². The predicted octanol–water partition coefficient (Wildman–Crippen LogP) is 3.97. The van der Waals surface area contributed by atoms with Crippen molar-refractivity contribution in [3.05, 3.63) is 48.3 Å². The van der Waals surface area contributed by atoms with Crippen LogP contribution in [0, 0.1) is 11.8 Å². The van der Waals surface area contributed by atoms with Gasteiger partial charge < -0.3 is 29.9 Å². The number of amides is 3. The minimum atomic E-state index is -0.604. The van der Waals surface area contributed by atoms with Gasteiger partial charge in [0.05, 0.1) is 5.92 Å². The van der Waals surface area contributed by atoms with Gasteiger partial charge in [0.1, 0.15) is 17.0 Å². The Morgan fingerprint density at radius 2 is 1.86 bits per heavy atom. The lowest BCUT2D eigenvalue weighted by molar-refractivity contribution is -0.129. The van der Waals surface area contributed by atoms with Crippen molar-refractivity contribution in [1.29, 1.82) is 0 Å². The van der Waals surface area contributed by atoms with Crippen molar-refractivity contribution < 1.29 is 23.9 Å². The number of anilines is 1. The van der Waals surface area contributed by atoms with E-state index in [4.69, 9.17) is 9.47 Å². The van der Waals surface area contributed by atoms with Crippen LogP contribution in [0.1, 0.15) is 63.9 Å². The fourth-order valence-corrected chi connectivity index (χ4v) is 6.07. The molecule has 2 N–H and O–H groups in total. The van der Waals surface area contributed by atoms with E-state index in [-0.39, 0.29) is 42.3 Å². The number of nitrogens with one attached hydrogen (secondary N) is 2. The summed E-state index contributed by atoms with van der Waals surface area (Å²) in [4.78, 5) is 51.5. The number of ether oxygens (including phenoxy) is 2. The third-order valence-electron chi connectivity index (χ3n) is 8.52. The van der Waals surface area contributed by atoms with Gasteiger partial charge in [0.15, 0.2) is 0 Å². The van der Waals surface area contributed by atoms with Crippen LogP contribution >= 0.6 is 0 Å². The molecule has 11 nitrogen and oxygen atoms in total.